The van der Waals surface area contributed by atoms with Crippen molar-refractivity contribution in [3.63, 3.8) is 0 Å². The van der Waals surface area contributed by atoms with Crippen LogP contribution in [0, 0.1) is 0 Å². The molecule has 1 aromatic carbocycles. The number of aromatic hydroxyl groups is 1. The van der Waals surface area contributed by atoms with Crippen molar-refractivity contribution in [3.05, 3.63) is 22.7 Å². The van der Waals surface area contributed by atoms with Gasteiger partial charge in [-0.3, -0.25) is 0 Å². The first-order chi connectivity index (χ1) is 6.91. The largest absolute Gasteiger partial charge is 0.505 e. The molecule has 0 saturated carbocycles. The number of phenols is 1. The number of carbonyl (C=O) groups excluding carboxylic acids is 1. The van der Waals surface area contributed by atoms with Crippen LogP contribution < -0.4 is 11.1 Å². The van der Waals surface area contributed by atoms with Crippen molar-refractivity contribution >= 4 is 23.3 Å². The van der Waals surface area contributed by atoms with Gasteiger partial charge in [0.05, 0.1) is 11.8 Å². The average molecular weight is 231 g/mol. The first-order valence-electron chi connectivity index (χ1n) is 4.18. The molecule has 0 aromatic heterocycles. The van der Waals surface area contributed by atoms with Gasteiger partial charge in [0, 0.05) is 10.6 Å². The van der Waals surface area contributed by atoms with E-state index in [2.05, 4.69) is 5.32 Å². The van der Waals surface area contributed by atoms with Gasteiger partial charge in [0.2, 0.25) is 0 Å². The number of nitrogens with one attached hydrogen (secondary N) is 1. The Morgan fingerprint density at radius 2 is 2.20 bits per heavy atom. The molecule has 0 spiro atoms. The fraction of sp³-hybridized carbons (Fsp3) is 0.222. The third-order valence-electron chi connectivity index (χ3n) is 1.81. The van der Waals surface area contributed by atoms with Gasteiger partial charge >= 0.3 is 6.03 Å². The van der Waals surface area contributed by atoms with E-state index >= 15 is 0 Å². The molecule has 82 valence electrons. The number of nitrogens with two attached hydrogens (primary N) is 1. The highest BCUT2D eigenvalue weighted by atomic mass is 35.5. The van der Waals surface area contributed by atoms with Gasteiger partial charge in [0.1, 0.15) is 5.75 Å². The highest BCUT2D eigenvalue weighted by Gasteiger charge is 2.14. The Kier molecular flexibility index (Phi) is 3.39. The molecule has 5 nitrogen and oxygen atoms in total. The van der Waals surface area contributed by atoms with Gasteiger partial charge in [-0.2, -0.15) is 0 Å². The van der Waals surface area contributed by atoms with Gasteiger partial charge in [-0.15, -0.1) is 0 Å². The van der Waals surface area contributed by atoms with Crippen LogP contribution in [0.15, 0.2) is 12.1 Å². The molecule has 15 heavy (non-hydrogen) atoms. The average Bonchev–Trinajstić information content (AvgIpc) is 2.09. The van der Waals surface area contributed by atoms with Crippen molar-refractivity contribution in [1.29, 1.82) is 0 Å². The zero-order chi connectivity index (χ0) is 11.6. The Labute approximate surface area is 91.5 Å². The third-order valence-corrected chi connectivity index (χ3v) is 2.03. The number of hydrogen-bond donors (Lipinski definition) is 4. The maximum absolute atomic E-state index is 10.6. The number of aliphatic hydroxyl groups excluding tert-OH is 1. The predicted octanol–water partition coefficient (Wildman–Crippen LogP) is 1.59. The van der Waals surface area contributed by atoms with Crippen LogP contribution in [0.25, 0.3) is 0 Å². The molecule has 0 heterocycles. The number of phenolic OH excluding ortho intramolecular Hbond substituents is 1. The Morgan fingerprint density at radius 3 is 2.67 bits per heavy atom. The summed E-state index contributed by atoms with van der Waals surface area (Å²) in [4.78, 5) is 10.6. The van der Waals surface area contributed by atoms with Crippen molar-refractivity contribution in [2.75, 3.05) is 5.32 Å². The SMILES string of the molecule is CC(O)c1cc(Cl)cc(NC(N)=O)c1O. The molecule has 1 atom stereocenters. The molecule has 0 bridgehead atoms. The van der Waals surface area contributed by atoms with E-state index in [1.807, 2.05) is 0 Å². The van der Waals surface area contributed by atoms with Crippen molar-refractivity contribution in [2.24, 2.45) is 5.73 Å². The topological polar surface area (TPSA) is 95.6 Å². The Hall–Kier alpha value is -1.46. The number of anilines is 1. The van der Waals surface area contributed by atoms with Crippen LogP contribution in [0.4, 0.5) is 10.5 Å². The molecule has 0 aliphatic rings. The molecule has 5 N–H and O–H groups in total. The van der Waals surface area contributed by atoms with Crippen LogP contribution in [-0.2, 0) is 0 Å². The van der Waals surface area contributed by atoms with Crippen LogP contribution in [-0.4, -0.2) is 16.2 Å². The highest BCUT2D eigenvalue weighted by molar-refractivity contribution is 6.31. The summed E-state index contributed by atoms with van der Waals surface area (Å²) in [5.41, 5.74) is 5.21. The van der Waals surface area contributed by atoms with E-state index in [0.29, 0.717) is 0 Å². The summed E-state index contributed by atoms with van der Waals surface area (Å²) in [6.45, 7) is 1.47. The summed E-state index contributed by atoms with van der Waals surface area (Å²) in [6, 6.07) is 1.94. The van der Waals surface area contributed by atoms with E-state index in [-0.39, 0.29) is 22.0 Å². The monoisotopic (exact) mass is 230 g/mol. The molecule has 0 radical (unpaired) electrons. The molecular formula is C9H11ClN2O3. The van der Waals surface area contributed by atoms with Gasteiger partial charge in [-0.1, -0.05) is 11.6 Å². The number of amides is 2. The summed E-state index contributed by atoms with van der Waals surface area (Å²) in [6.07, 6.45) is -0.892. The first-order valence-corrected chi connectivity index (χ1v) is 4.56. The molecule has 0 aliphatic heterocycles. The van der Waals surface area contributed by atoms with Gasteiger partial charge in [-0.05, 0) is 19.1 Å². The summed E-state index contributed by atoms with van der Waals surface area (Å²) in [5.74, 6) is -0.242. The van der Waals surface area contributed by atoms with Crippen LogP contribution in [0.1, 0.15) is 18.6 Å². The Morgan fingerprint density at radius 1 is 1.60 bits per heavy atom. The van der Waals surface area contributed by atoms with E-state index < -0.39 is 12.1 Å². The number of benzene rings is 1. The quantitative estimate of drug-likeness (QED) is 0.581. The van der Waals surface area contributed by atoms with Crippen LogP contribution in [0.5, 0.6) is 5.75 Å². The Balaban J connectivity index is 3.21. The van der Waals surface area contributed by atoms with Crippen molar-refractivity contribution < 1.29 is 15.0 Å². The number of aliphatic hydroxyl groups is 1. The summed E-state index contributed by atoms with van der Waals surface area (Å²) in [7, 11) is 0. The van der Waals surface area contributed by atoms with E-state index in [0.717, 1.165) is 0 Å². The molecule has 2 amide bonds. The van der Waals surface area contributed by atoms with E-state index in [4.69, 9.17) is 17.3 Å². The maximum Gasteiger partial charge on any atom is 0.316 e. The summed E-state index contributed by atoms with van der Waals surface area (Å²) in [5, 5.41) is 21.5. The zero-order valence-corrected chi connectivity index (χ0v) is 8.75. The van der Waals surface area contributed by atoms with Gasteiger partial charge in [0.15, 0.2) is 0 Å². The minimum Gasteiger partial charge on any atom is -0.505 e. The number of carbonyl (C=O) groups is 1. The lowest BCUT2D eigenvalue weighted by molar-refractivity contribution is 0.195. The predicted molar refractivity (Wildman–Crippen MR) is 57.0 cm³/mol. The second-order valence-electron chi connectivity index (χ2n) is 3.06. The first kappa shape index (κ1) is 11.6. The van der Waals surface area contributed by atoms with E-state index in [1.54, 1.807) is 0 Å². The minimum absolute atomic E-state index is 0.0749. The van der Waals surface area contributed by atoms with Crippen LogP contribution in [0.2, 0.25) is 5.02 Å². The zero-order valence-electron chi connectivity index (χ0n) is 7.99. The molecule has 0 saturated heterocycles. The number of halogens is 1. The fourth-order valence-electron chi connectivity index (χ4n) is 1.17. The summed E-state index contributed by atoms with van der Waals surface area (Å²) >= 11 is 5.74. The maximum atomic E-state index is 10.6. The molecule has 0 aliphatic carbocycles. The second-order valence-corrected chi connectivity index (χ2v) is 3.49. The molecular weight excluding hydrogens is 220 g/mol. The van der Waals surface area contributed by atoms with Crippen molar-refractivity contribution in [2.45, 2.75) is 13.0 Å². The van der Waals surface area contributed by atoms with Gasteiger partial charge in [-0.25, -0.2) is 4.79 Å². The smallest absolute Gasteiger partial charge is 0.316 e. The summed E-state index contributed by atoms with van der Waals surface area (Å²) < 4.78 is 0. The number of urea groups is 1. The van der Waals surface area contributed by atoms with Crippen LogP contribution >= 0.6 is 11.6 Å². The highest BCUT2D eigenvalue weighted by Crippen LogP contribution is 2.34. The molecule has 6 heteroatoms. The fourth-order valence-corrected chi connectivity index (χ4v) is 1.39. The van der Waals surface area contributed by atoms with Crippen LogP contribution in [0.3, 0.4) is 0 Å². The number of hydrogen-bond acceptors (Lipinski definition) is 3. The number of primary amides is 1. The molecule has 1 aromatic rings. The van der Waals surface area contributed by atoms with E-state index in [9.17, 15) is 15.0 Å². The molecule has 1 unspecified atom stereocenters. The Bertz CT molecular complexity index is 393. The standard InChI is InChI=1S/C9H11ClN2O3/c1-4(13)6-2-5(10)3-7(8(6)14)12-9(11)15/h2-4,13-14H,1H3,(H3,11,12,15). The third kappa shape index (κ3) is 2.74. The van der Waals surface area contributed by atoms with Crippen molar-refractivity contribution in [1.82, 2.24) is 0 Å². The molecule has 1 rings (SSSR count). The van der Waals surface area contributed by atoms with E-state index in [1.165, 1.54) is 19.1 Å². The molecule has 0 fully saturated rings. The van der Waals surface area contributed by atoms with Gasteiger partial charge in [0.25, 0.3) is 0 Å². The minimum atomic E-state index is -0.892. The van der Waals surface area contributed by atoms with Gasteiger partial charge < -0.3 is 21.3 Å². The number of rotatable bonds is 2. The second kappa shape index (κ2) is 4.37. The normalized spacial score (nSPS) is 12.2. The lowest BCUT2D eigenvalue weighted by Gasteiger charge is -2.12. The lowest BCUT2D eigenvalue weighted by atomic mass is 10.1. The van der Waals surface area contributed by atoms with Crippen molar-refractivity contribution in [3.8, 4) is 5.75 Å². The lowest BCUT2D eigenvalue weighted by Crippen LogP contribution is -2.19.